The minimum absolute atomic E-state index is 0.162. The summed E-state index contributed by atoms with van der Waals surface area (Å²) in [6, 6.07) is 0.805. The standard InChI is InChI=1S/C13H25NO/c1-3-15-13(10-14-12-6-7-12)8-4-5-11(2)9-13/h11-12,14H,3-10H2,1-2H3. The maximum Gasteiger partial charge on any atom is 0.0808 e. The fraction of sp³-hybridized carbons (Fsp3) is 1.00. The van der Waals surface area contributed by atoms with Crippen molar-refractivity contribution >= 4 is 0 Å². The fourth-order valence-corrected chi connectivity index (χ4v) is 2.88. The van der Waals surface area contributed by atoms with Crippen LogP contribution >= 0.6 is 0 Å². The van der Waals surface area contributed by atoms with E-state index in [0.29, 0.717) is 0 Å². The molecular formula is C13H25NO. The summed E-state index contributed by atoms with van der Waals surface area (Å²) in [5, 5.41) is 3.65. The summed E-state index contributed by atoms with van der Waals surface area (Å²) in [5.74, 6) is 0.839. The summed E-state index contributed by atoms with van der Waals surface area (Å²) >= 11 is 0. The molecular weight excluding hydrogens is 186 g/mol. The molecule has 0 aromatic heterocycles. The third-order valence-corrected chi connectivity index (χ3v) is 3.79. The van der Waals surface area contributed by atoms with E-state index in [4.69, 9.17) is 4.74 Å². The van der Waals surface area contributed by atoms with E-state index in [0.717, 1.165) is 25.1 Å². The third kappa shape index (κ3) is 3.18. The summed E-state index contributed by atoms with van der Waals surface area (Å²) < 4.78 is 6.06. The summed E-state index contributed by atoms with van der Waals surface area (Å²) in [4.78, 5) is 0. The van der Waals surface area contributed by atoms with E-state index in [-0.39, 0.29) is 5.60 Å². The first kappa shape index (κ1) is 11.4. The topological polar surface area (TPSA) is 21.3 Å². The van der Waals surface area contributed by atoms with Crippen molar-refractivity contribution < 1.29 is 4.74 Å². The Hall–Kier alpha value is -0.0800. The zero-order valence-corrected chi connectivity index (χ0v) is 10.2. The SMILES string of the molecule is CCOC1(CNC2CC2)CCCC(C)C1. The average molecular weight is 211 g/mol. The molecule has 0 heterocycles. The highest BCUT2D eigenvalue weighted by Crippen LogP contribution is 2.35. The molecule has 2 saturated carbocycles. The van der Waals surface area contributed by atoms with Gasteiger partial charge >= 0.3 is 0 Å². The molecule has 15 heavy (non-hydrogen) atoms. The van der Waals surface area contributed by atoms with Crippen molar-refractivity contribution in [1.29, 1.82) is 0 Å². The van der Waals surface area contributed by atoms with Gasteiger partial charge < -0.3 is 10.1 Å². The normalized spacial score (nSPS) is 36.8. The maximum absolute atomic E-state index is 6.06. The summed E-state index contributed by atoms with van der Waals surface area (Å²) in [6.07, 6.45) is 7.98. The lowest BCUT2D eigenvalue weighted by Crippen LogP contribution is -2.47. The summed E-state index contributed by atoms with van der Waals surface area (Å²) in [5.41, 5.74) is 0.162. The van der Waals surface area contributed by atoms with Crippen molar-refractivity contribution in [2.24, 2.45) is 5.92 Å². The van der Waals surface area contributed by atoms with Gasteiger partial charge in [-0.25, -0.2) is 0 Å². The van der Waals surface area contributed by atoms with E-state index >= 15 is 0 Å². The molecule has 0 saturated heterocycles. The van der Waals surface area contributed by atoms with Gasteiger partial charge in [-0.2, -0.15) is 0 Å². The van der Waals surface area contributed by atoms with Crippen molar-refractivity contribution in [3.63, 3.8) is 0 Å². The summed E-state index contributed by atoms with van der Waals surface area (Å²) in [6.45, 7) is 6.43. The summed E-state index contributed by atoms with van der Waals surface area (Å²) in [7, 11) is 0. The van der Waals surface area contributed by atoms with Gasteiger partial charge in [0.05, 0.1) is 5.60 Å². The van der Waals surface area contributed by atoms with Crippen molar-refractivity contribution in [2.45, 2.75) is 64.0 Å². The van der Waals surface area contributed by atoms with E-state index in [1.54, 1.807) is 0 Å². The van der Waals surface area contributed by atoms with Crippen LogP contribution in [0.25, 0.3) is 0 Å². The Labute approximate surface area is 93.8 Å². The molecule has 0 aromatic rings. The second kappa shape index (κ2) is 4.84. The Bertz CT molecular complexity index is 199. The molecule has 2 aliphatic carbocycles. The van der Waals surface area contributed by atoms with Crippen molar-refractivity contribution in [2.75, 3.05) is 13.2 Å². The van der Waals surface area contributed by atoms with Crippen molar-refractivity contribution in [3.8, 4) is 0 Å². The smallest absolute Gasteiger partial charge is 0.0808 e. The minimum atomic E-state index is 0.162. The van der Waals surface area contributed by atoms with Crippen LogP contribution in [0.15, 0.2) is 0 Å². The Kier molecular flexibility index (Phi) is 3.68. The molecule has 0 amide bonds. The first-order chi connectivity index (χ1) is 7.24. The molecule has 0 spiro atoms. The molecule has 2 atom stereocenters. The quantitative estimate of drug-likeness (QED) is 0.755. The Morgan fingerprint density at radius 2 is 2.13 bits per heavy atom. The molecule has 0 aromatic carbocycles. The maximum atomic E-state index is 6.06. The van der Waals surface area contributed by atoms with Gasteiger partial charge in [0.25, 0.3) is 0 Å². The van der Waals surface area contributed by atoms with Gasteiger partial charge in [0.15, 0.2) is 0 Å². The van der Waals surface area contributed by atoms with Crippen molar-refractivity contribution in [3.05, 3.63) is 0 Å². The monoisotopic (exact) mass is 211 g/mol. The Morgan fingerprint density at radius 1 is 1.33 bits per heavy atom. The van der Waals surface area contributed by atoms with Crippen LogP contribution in [-0.4, -0.2) is 24.8 Å². The fourth-order valence-electron chi connectivity index (χ4n) is 2.88. The molecule has 2 unspecified atom stereocenters. The van der Waals surface area contributed by atoms with Crippen LogP contribution in [-0.2, 0) is 4.74 Å². The molecule has 88 valence electrons. The van der Waals surface area contributed by atoms with Crippen LogP contribution in [0.4, 0.5) is 0 Å². The van der Waals surface area contributed by atoms with E-state index in [2.05, 4.69) is 19.2 Å². The second-order valence-electron chi connectivity index (χ2n) is 5.47. The highest BCUT2D eigenvalue weighted by atomic mass is 16.5. The van der Waals surface area contributed by atoms with Crippen molar-refractivity contribution in [1.82, 2.24) is 5.32 Å². The average Bonchev–Trinajstić information content (AvgIpc) is 2.99. The van der Waals surface area contributed by atoms with Crippen LogP contribution in [0.3, 0.4) is 0 Å². The molecule has 2 nitrogen and oxygen atoms in total. The lowest BCUT2D eigenvalue weighted by atomic mass is 9.78. The predicted molar refractivity (Wildman–Crippen MR) is 63.0 cm³/mol. The van der Waals surface area contributed by atoms with E-state index < -0.39 is 0 Å². The number of rotatable bonds is 5. The van der Waals surface area contributed by atoms with Gasteiger partial charge in [-0.15, -0.1) is 0 Å². The number of hydrogen-bond donors (Lipinski definition) is 1. The molecule has 0 bridgehead atoms. The number of ether oxygens (including phenoxy) is 1. The molecule has 1 N–H and O–H groups in total. The van der Waals surface area contributed by atoms with Gasteiger partial charge in [0, 0.05) is 19.2 Å². The molecule has 0 aliphatic heterocycles. The van der Waals surface area contributed by atoms with E-state index in [1.165, 1.54) is 38.5 Å². The zero-order chi connectivity index (χ0) is 10.7. The van der Waals surface area contributed by atoms with Crippen LogP contribution in [0.1, 0.15) is 52.4 Å². The van der Waals surface area contributed by atoms with Gasteiger partial charge in [-0.3, -0.25) is 0 Å². The molecule has 2 rings (SSSR count). The van der Waals surface area contributed by atoms with Gasteiger partial charge in [0.2, 0.25) is 0 Å². The highest BCUT2D eigenvalue weighted by molar-refractivity contribution is 4.92. The Morgan fingerprint density at radius 3 is 2.73 bits per heavy atom. The highest BCUT2D eigenvalue weighted by Gasteiger charge is 2.36. The van der Waals surface area contributed by atoms with Crippen LogP contribution in [0.2, 0.25) is 0 Å². The van der Waals surface area contributed by atoms with E-state index in [1.807, 2.05) is 0 Å². The van der Waals surface area contributed by atoms with Crippen LogP contribution < -0.4 is 5.32 Å². The van der Waals surface area contributed by atoms with Gasteiger partial charge in [0.1, 0.15) is 0 Å². The molecule has 2 aliphatic rings. The van der Waals surface area contributed by atoms with Gasteiger partial charge in [-0.05, 0) is 38.5 Å². The third-order valence-electron chi connectivity index (χ3n) is 3.79. The van der Waals surface area contributed by atoms with Gasteiger partial charge in [-0.1, -0.05) is 19.8 Å². The largest absolute Gasteiger partial charge is 0.374 e. The molecule has 0 radical (unpaired) electrons. The predicted octanol–water partition coefficient (Wildman–Crippen LogP) is 2.72. The first-order valence-corrected chi connectivity index (χ1v) is 6.61. The number of nitrogens with one attached hydrogen (secondary N) is 1. The second-order valence-corrected chi connectivity index (χ2v) is 5.47. The lowest BCUT2D eigenvalue weighted by Gasteiger charge is -2.40. The van der Waals surface area contributed by atoms with Crippen LogP contribution in [0.5, 0.6) is 0 Å². The molecule has 2 heteroatoms. The minimum Gasteiger partial charge on any atom is -0.374 e. The Balaban J connectivity index is 1.87. The van der Waals surface area contributed by atoms with Crippen LogP contribution in [0, 0.1) is 5.92 Å². The number of hydrogen-bond acceptors (Lipinski definition) is 2. The lowest BCUT2D eigenvalue weighted by molar-refractivity contribution is -0.0743. The van der Waals surface area contributed by atoms with E-state index in [9.17, 15) is 0 Å². The zero-order valence-electron chi connectivity index (χ0n) is 10.2. The molecule has 2 fully saturated rings. The first-order valence-electron chi connectivity index (χ1n) is 6.61.